The second kappa shape index (κ2) is 6.37. The van der Waals surface area contributed by atoms with Crippen LogP contribution in [0.5, 0.6) is 0 Å². The molecule has 21 heavy (non-hydrogen) atoms. The Kier molecular flexibility index (Phi) is 4.95. The average molecular weight is 296 g/mol. The van der Waals surface area contributed by atoms with Crippen LogP contribution in [0, 0.1) is 23.2 Å². The lowest BCUT2D eigenvalue weighted by molar-refractivity contribution is -0.154. The fourth-order valence-electron chi connectivity index (χ4n) is 3.28. The highest BCUT2D eigenvalue weighted by Gasteiger charge is 2.63. The maximum atomic E-state index is 12.3. The van der Waals surface area contributed by atoms with Gasteiger partial charge in [0, 0.05) is 5.92 Å². The van der Waals surface area contributed by atoms with Crippen LogP contribution in [-0.4, -0.2) is 24.6 Å². The van der Waals surface area contributed by atoms with Crippen molar-refractivity contribution in [1.82, 2.24) is 0 Å². The summed E-state index contributed by atoms with van der Waals surface area (Å²) in [6.07, 6.45) is 5.64. The Hall–Kier alpha value is -1.06. The molecule has 0 saturated heterocycles. The van der Waals surface area contributed by atoms with Gasteiger partial charge in [0.25, 0.3) is 0 Å². The van der Waals surface area contributed by atoms with Gasteiger partial charge in [-0.05, 0) is 31.1 Å². The minimum Gasteiger partial charge on any atom is -0.465 e. The van der Waals surface area contributed by atoms with Crippen LogP contribution in [-0.2, 0) is 19.1 Å². The van der Waals surface area contributed by atoms with E-state index in [9.17, 15) is 9.59 Å². The Bertz CT molecular complexity index is 394. The molecule has 0 aromatic heterocycles. The molecule has 120 valence electrons. The molecule has 0 spiro atoms. The van der Waals surface area contributed by atoms with Crippen LogP contribution in [0.25, 0.3) is 0 Å². The zero-order valence-electron chi connectivity index (χ0n) is 13.7. The van der Waals surface area contributed by atoms with Crippen LogP contribution in [0.2, 0.25) is 0 Å². The Balaban J connectivity index is 1.82. The van der Waals surface area contributed by atoms with Crippen LogP contribution in [0.4, 0.5) is 0 Å². The maximum Gasteiger partial charge on any atom is 0.310 e. The predicted octanol–water partition coefficient (Wildman–Crippen LogP) is 3.33. The van der Waals surface area contributed by atoms with Crippen LogP contribution < -0.4 is 0 Å². The Labute approximate surface area is 127 Å². The third-order valence-electron chi connectivity index (χ3n) is 5.02. The van der Waals surface area contributed by atoms with Crippen LogP contribution in [0.1, 0.15) is 59.8 Å². The number of rotatable bonds is 5. The van der Waals surface area contributed by atoms with Crippen LogP contribution in [0.15, 0.2) is 0 Å². The van der Waals surface area contributed by atoms with E-state index in [1.165, 1.54) is 6.42 Å². The Morgan fingerprint density at radius 3 is 2.33 bits per heavy atom. The van der Waals surface area contributed by atoms with Crippen molar-refractivity contribution in [3.63, 3.8) is 0 Å². The fourth-order valence-corrected chi connectivity index (χ4v) is 3.28. The summed E-state index contributed by atoms with van der Waals surface area (Å²) in [4.78, 5) is 23.9. The zero-order valence-corrected chi connectivity index (χ0v) is 13.7. The Morgan fingerprint density at radius 2 is 1.76 bits per heavy atom. The fraction of sp³-hybridized carbons (Fsp3) is 0.882. The maximum absolute atomic E-state index is 12.3. The van der Waals surface area contributed by atoms with Crippen molar-refractivity contribution in [1.29, 1.82) is 0 Å². The predicted molar refractivity (Wildman–Crippen MR) is 79.5 cm³/mol. The summed E-state index contributed by atoms with van der Waals surface area (Å²) in [7, 11) is 0. The van der Waals surface area contributed by atoms with E-state index in [0.717, 1.165) is 25.7 Å². The van der Waals surface area contributed by atoms with Gasteiger partial charge in [-0.25, -0.2) is 0 Å². The quantitative estimate of drug-likeness (QED) is 0.730. The summed E-state index contributed by atoms with van der Waals surface area (Å²) in [6.45, 7) is 8.06. The first kappa shape index (κ1) is 16.3. The number of carbonyl (C=O) groups excluding carboxylic acids is 2. The van der Waals surface area contributed by atoms with Crippen molar-refractivity contribution in [3.8, 4) is 0 Å². The van der Waals surface area contributed by atoms with Crippen molar-refractivity contribution in [2.75, 3.05) is 6.61 Å². The van der Waals surface area contributed by atoms with Crippen molar-refractivity contribution in [3.05, 3.63) is 0 Å². The van der Waals surface area contributed by atoms with Gasteiger partial charge in [-0.15, -0.1) is 0 Å². The number of hydrogen-bond acceptors (Lipinski definition) is 4. The zero-order chi connectivity index (χ0) is 15.6. The van der Waals surface area contributed by atoms with Gasteiger partial charge < -0.3 is 9.47 Å². The van der Waals surface area contributed by atoms with Gasteiger partial charge in [0.05, 0.1) is 18.4 Å². The first-order chi connectivity index (χ1) is 9.84. The molecule has 0 aliphatic heterocycles. The molecule has 2 saturated carbocycles. The number of ether oxygens (including phenoxy) is 2. The summed E-state index contributed by atoms with van der Waals surface area (Å²) in [5.41, 5.74) is -0.122. The molecule has 2 aliphatic carbocycles. The van der Waals surface area contributed by atoms with Gasteiger partial charge >= 0.3 is 11.9 Å². The van der Waals surface area contributed by atoms with Crippen LogP contribution in [0.3, 0.4) is 0 Å². The molecular formula is C17H28O4. The topological polar surface area (TPSA) is 52.6 Å². The molecule has 2 fully saturated rings. The minimum atomic E-state index is -0.197. The van der Waals surface area contributed by atoms with Crippen molar-refractivity contribution >= 4 is 11.9 Å². The summed E-state index contributed by atoms with van der Waals surface area (Å²) in [5.74, 6) is -0.454. The molecule has 0 radical (unpaired) electrons. The smallest absolute Gasteiger partial charge is 0.310 e. The summed E-state index contributed by atoms with van der Waals surface area (Å²) >= 11 is 0. The molecule has 2 unspecified atom stereocenters. The van der Waals surface area contributed by atoms with E-state index in [-0.39, 0.29) is 41.2 Å². The van der Waals surface area contributed by atoms with Crippen molar-refractivity contribution in [2.24, 2.45) is 23.2 Å². The lowest BCUT2D eigenvalue weighted by Gasteiger charge is -2.22. The molecule has 4 nitrogen and oxygen atoms in total. The molecule has 0 N–H and O–H groups in total. The van der Waals surface area contributed by atoms with Gasteiger partial charge in [0.1, 0.15) is 6.10 Å². The largest absolute Gasteiger partial charge is 0.465 e. The highest BCUT2D eigenvalue weighted by Crippen LogP contribution is 2.59. The second-order valence-corrected chi connectivity index (χ2v) is 7.39. The van der Waals surface area contributed by atoms with Crippen LogP contribution >= 0.6 is 0 Å². The molecule has 0 amide bonds. The van der Waals surface area contributed by atoms with Crippen molar-refractivity contribution < 1.29 is 19.1 Å². The molecule has 2 aliphatic rings. The highest BCUT2D eigenvalue weighted by molar-refractivity contribution is 5.78. The minimum absolute atomic E-state index is 0.0938. The molecule has 0 heterocycles. The molecule has 2 rings (SSSR count). The normalized spacial score (nSPS) is 28.2. The van der Waals surface area contributed by atoms with Gasteiger partial charge in [0.15, 0.2) is 0 Å². The summed E-state index contributed by atoms with van der Waals surface area (Å²) in [6, 6.07) is 0. The number of hydrogen-bond donors (Lipinski definition) is 0. The molecule has 2 atom stereocenters. The average Bonchev–Trinajstić information content (AvgIpc) is 2.98. The van der Waals surface area contributed by atoms with E-state index in [1.54, 1.807) is 0 Å². The van der Waals surface area contributed by atoms with Gasteiger partial charge in [-0.2, -0.15) is 0 Å². The number of esters is 2. The van der Waals surface area contributed by atoms with E-state index in [2.05, 4.69) is 0 Å². The van der Waals surface area contributed by atoms with E-state index in [1.807, 2.05) is 27.7 Å². The van der Waals surface area contributed by atoms with E-state index >= 15 is 0 Å². The standard InChI is InChI=1S/C17H28O4/c1-11(2)15(18)20-10-13-14(17(13,3)4)16(19)21-12-8-6-5-7-9-12/h11-14H,5-10H2,1-4H3. The molecule has 0 aromatic carbocycles. The molecular weight excluding hydrogens is 268 g/mol. The van der Waals surface area contributed by atoms with Crippen molar-refractivity contribution in [2.45, 2.75) is 65.9 Å². The lowest BCUT2D eigenvalue weighted by Crippen LogP contribution is -2.23. The summed E-state index contributed by atoms with van der Waals surface area (Å²) in [5, 5.41) is 0. The van der Waals surface area contributed by atoms with Gasteiger partial charge in [-0.3, -0.25) is 9.59 Å². The SMILES string of the molecule is CC(C)C(=O)OCC1C(C(=O)OC2CCCCC2)C1(C)C. The van der Waals surface area contributed by atoms with E-state index < -0.39 is 0 Å². The monoisotopic (exact) mass is 296 g/mol. The highest BCUT2D eigenvalue weighted by atomic mass is 16.5. The second-order valence-electron chi connectivity index (χ2n) is 7.39. The summed E-state index contributed by atoms with van der Waals surface area (Å²) < 4.78 is 10.9. The third kappa shape index (κ3) is 3.78. The van der Waals surface area contributed by atoms with E-state index in [0.29, 0.717) is 6.61 Å². The Morgan fingerprint density at radius 1 is 1.14 bits per heavy atom. The lowest BCUT2D eigenvalue weighted by atomic mass is 9.98. The van der Waals surface area contributed by atoms with Gasteiger partial charge in [-0.1, -0.05) is 34.1 Å². The number of carbonyl (C=O) groups is 2. The first-order valence-corrected chi connectivity index (χ1v) is 8.21. The molecule has 0 aromatic rings. The molecule has 4 heteroatoms. The van der Waals surface area contributed by atoms with Gasteiger partial charge in [0.2, 0.25) is 0 Å². The molecule has 0 bridgehead atoms. The first-order valence-electron chi connectivity index (χ1n) is 8.21. The van der Waals surface area contributed by atoms with E-state index in [4.69, 9.17) is 9.47 Å². The third-order valence-corrected chi connectivity index (χ3v) is 5.02.